The van der Waals surface area contributed by atoms with Crippen LogP contribution in [0.25, 0.3) is 5.83 Å². The Morgan fingerprint density at radius 3 is 1.65 bits per heavy atom. The molecule has 8 heteroatoms. The van der Waals surface area contributed by atoms with Gasteiger partial charge in [-0.3, -0.25) is 0 Å². The first-order chi connectivity index (χ1) is 11.9. The Kier molecular flexibility index (Phi) is 5.57. The van der Waals surface area contributed by atoms with E-state index in [9.17, 15) is 26.3 Å². The first-order valence-electron chi connectivity index (χ1n) is 8.48. The molecular formula is C18H22F6OSi. The van der Waals surface area contributed by atoms with Gasteiger partial charge in [-0.15, -0.1) is 0 Å². The van der Waals surface area contributed by atoms with Crippen LogP contribution in [0.1, 0.15) is 58.8 Å². The Morgan fingerprint density at radius 1 is 0.769 bits per heavy atom. The summed E-state index contributed by atoms with van der Waals surface area (Å²) in [5.41, 5.74) is -2.85. The number of fused-ring (bicyclic) bond motifs is 1. The van der Waals surface area contributed by atoms with E-state index in [1.54, 1.807) is 0 Å². The minimum absolute atomic E-state index is 0.108. The van der Waals surface area contributed by atoms with E-state index in [1.165, 1.54) is 0 Å². The quantitative estimate of drug-likeness (QED) is 0.288. The third-order valence-electron chi connectivity index (χ3n) is 5.21. The van der Waals surface area contributed by atoms with Crippen molar-refractivity contribution < 1.29 is 30.8 Å². The average Bonchev–Trinajstić information content (AvgIpc) is 2.76. The maximum Gasteiger partial charge on any atom is 0.259 e. The topological polar surface area (TPSA) is 9.23 Å². The average molecular weight is 396 g/mol. The van der Waals surface area contributed by atoms with Crippen molar-refractivity contribution in [2.24, 2.45) is 0 Å². The molecule has 0 aliphatic heterocycles. The van der Waals surface area contributed by atoms with Crippen LogP contribution in [0, 0.1) is 17.5 Å². The van der Waals surface area contributed by atoms with Crippen LogP contribution in [0.2, 0.25) is 16.6 Å². The molecule has 0 saturated carbocycles. The second kappa shape index (κ2) is 6.94. The van der Waals surface area contributed by atoms with E-state index in [4.69, 9.17) is 4.43 Å². The number of hydrogen-bond acceptors (Lipinski definition) is 1. The highest BCUT2D eigenvalue weighted by atomic mass is 28.4. The van der Waals surface area contributed by atoms with Crippen molar-refractivity contribution in [3.63, 3.8) is 0 Å². The first kappa shape index (κ1) is 20.9. The number of benzene rings is 1. The molecule has 26 heavy (non-hydrogen) atoms. The fraction of sp³-hybridized carbons (Fsp3) is 0.556. The number of alkyl halides is 1. The molecule has 0 spiro atoms. The third kappa shape index (κ3) is 2.77. The van der Waals surface area contributed by atoms with Crippen LogP contribution in [0.4, 0.5) is 26.3 Å². The molecule has 1 nitrogen and oxygen atoms in total. The lowest BCUT2D eigenvalue weighted by atomic mass is 10.1. The van der Waals surface area contributed by atoms with E-state index in [0.29, 0.717) is 0 Å². The summed E-state index contributed by atoms with van der Waals surface area (Å²) in [4.78, 5) is 0. The maximum absolute atomic E-state index is 14.8. The lowest BCUT2D eigenvalue weighted by Crippen LogP contribution is -2.51. The molecule has 0 radical (unpaired) electrons. The van der Waals surface area contributed by atoms with Gasteiger partial charge in [0, 0.05) is 5.56 Å². The zero-order valence-electron chi connectivity index (χ0n) is 15.5. The number of rotatable bonds is 5. The molecule has 0 saturated heterocycles. The van der Waals surface area contributed by atoms with Gasteiger partial charge in [0.15, 0.2) is 35.2 Å². The molecule has 1 aromatic carbocycles. The highest BCUT2D eigenvalue weighted by molar-refractivity contribution is 6.78. The van der Waals surface area contributed by atoms with Crippen molar-refractivity contribution in [2.75, 3.05) is 0 Å². The van der Waals surface area contributed by atoms with E-state index < -0.39 is 60.5 Å². The Morgan fingerprint density at radius 2 is 1.23 bits per heavy atom. The third-order valence-corrected chi connectivity index (χ3v) is 11.2. The molecular weight excluding hydrogens is 374 g/mol. The van der Waals surface area contributed by atoms with Crippen molar-refractivity contribution in [3.05, 3.63) is 34.4 Å². The molecule has 146 valence electrons. The molecule has 0 bridgehead atoms. The van der Waals surface area contributed by atoms with Gasteiger partial charge in [-0.05, 0) is 16.6 Å². The standard InChI is InChI=1S/C18H22F6OSi/c1-7(2)26(8(3)4,9(5)6)25-18-15(22)11-10(14(21)17(18)24)12(19)16(23)13(11)20/h7-9,12H,1-6H3. The molecule has 1 atom stereocenters. The smallest absolute Gasteiger partial charge is 0.259 e. The van der Waals surface area contributed by atoms with Crippen molar-refractivity contribution in [1.82, 2.24) is 0 Å². The predicted molar refractivity (Wildman–Crippen MR) is 91.0 cm³/mol. The van der Waals surface area contributed by atoms with Crippen LogP contribution >= 0.6 is 0 Å². The molecule has 1 aromatic rings. The summed E-state index contributed by atoms with van der Waals surface area (Å²) >= 11 is 0. The lowest BCUT2D eigenvalue weighted by Gasteiger charge is -2.42. The molecule has 2 rings (SSSR count). The number of halogens is 6. The fourth-order valence-corrected chi connectivity index (χ4v) is 9.33. The molecule has 0 amide bonds. The van der Waals surface area contributed by atoms with Gasteiger partial charge >= 0.3 is 0 Å². The summed E-state index contributed by atoms with van der Waals surface area (Å²) in [5, 5.41) is 0. The van der Waals surface area contributed by atoms with E-state index >= 15 is 0 Å². The monoisotopic (exact) mass is 396 g/mol. The van der Waals surface area contributed by atoms with Gasteiger partial charge in [0.05, 0.1) is 5.56 Å². The Labute approximate surface area is 150 Å². The molecule has 1 unspecified atom stereocenters. The largest absolute Gasteiger partial charge is 0.539 e. The summed E-state index contributed by atoms with van der Waals surface area (Å²) in [5.74, 6) is -10.1. The first-order valence-corrected chi connectivity index (χ1v) is 10.6. The van der Waals surface area contributed by atoms with Crippen LogP contribution in [-0.2, 0) is 0 Å². The number of allylic oxidation sites excluding steroid dienone is 1. The van der Waals surface area contributed by atoms with Gasteiger partial charge in [-0.1, -0.05) is 41.5 Å². The minimum atomic E-state index is -2.92. The van der Waals surface area contributed by atoms with E-state index in [0.717, 1.165) is 0 Å². The minimum Gasteiger partial charge on any atom is -0.539 e. The van der Waals surface area contributed by atoms with Crippen molar-refractivity contribution in [1.29, 1.82) is 0 Å². The summed E-state index contributed by atoms with van der Waals surface area (Å²) in [7, 11) is -2.92. The Bertz CT molecular complexity index is 735. The molecule has 1 aliphatic rings. The molecule has 0 fully saturated rings. The van der Waals surface area contributed by atoms with Gasteiger partial charge in [-0.25, -0.2) is 22.0 Å². The fourth-order valence-electron chi connectivity index (χ4n) is 4.09. The predicted octanol–water partition coefficient (Wildman–Crippen LogP) is 7.29. The SMILES string of the molecule is CC(C)[Si](Oc1c(F)c(F)c2c(c1F)C(F)=C(F)C2F)(C(C)C)C(C)C. The zero-order valence-corrected chi connectivity index (χ0v) is 16.5. The van der Waals surface area contributed by atoms with Crippen molar-refractivity contribution >= 4 is 14.1 Å². The van der Waals surface area contributed by atoms with Gasteiger partial charge in [0.25, 0.3) is 8.32 Å². The van der Waals surface area contributed by atoms with E-state index in [-0.39, 0.29) is 16.6 Å². The highest BCUT2D eigenvalue weighted by Gasteiger charge is 2.49. The second-order valence-electron chi connectivity index (χ2n) is 7.50. The number of hydrogen-bond donors (Lipinski definition) is 0. The van der Waals surface area contributed by atoms with Crippen LogP contribution in [0.5, 0.6) is 5.75 Å². The molecule has 1 aliphatic carbocycles. The Balaban J connectivity index is 2.75. The zero-order chi connectivity index (χ0) is 20.1. The van der Waals surface area contributed by atoms with Gasteiger partial charge in [0.2, 0.25) is 5.82 Å². The molecule has 0 N–H and O–H groups in total. The van der Waals surface area contributed by atoms with E-state index in [1.807, 2.05) is 41.5 Å². The maximum atomic E-state index is 14.8. The normalized spacial score (nSPS) is 17.7. The summed E-state index contributed by atoms with van der Waals surface area (Å²) in [6.45, 7) is 11.0. The van der Waals surface area contributed by atoms with Crippen molar-refractivity contribution in [3.8, 4) is 5.75 Å². The second-order valence-corrected chi connectivity index (χ2v) is 12.9. The van der Waals surface area contributed by atoms with Crippen LogP contribution in [0.15, 0.2) is 5.83 Å². The van der Waals surface area contributed by atoms with Crippen molar-refractivity contribution in [2.45, 2.75) is 64.3 Å². The van der Waals surface area contributed by atoms with Crippen LogP contribution in [-0.4, -0.2) is 8.32 Å². The van der Waals surface area contributed by atoms with E-state index in [2.05, 4.69) is 0 Å². The van der Waals surface area contributed by atoms with Gasteiger partial charge in [0.1, 0.15) is 0 Å². The summed E-state index contributed by atoms with van der Waals surface area (Å²) in [6, 6.07) is 0. The van der Waals surface area contributed by atoms with Crippen LogP contribution < -0.4 is 4.43 Å². The Hall–Kier alpha value is -1.44. The molecule has 0 aromatic heterocycles. The van der Waals surface area contributed by atoms with Gasteiger partial charge in [-0.2, -0.15) is 4.39 Å². The lowest BCUT2D eigenvalue weighted by molar-refractivity contribution is 0.322. The van der Waals surface area contributed by atoms with Gasteiger partial charge < -0.3 is 4.43 Å². The molecule has 0 heterocycles. The highest BCUT2D eigenvalue weighted by Crippen LogP contribution is 2.51. The van der Waals surface area contributed by atoms with Crippen LogP contribution in [0.3, 0.4) is 0 Å². The summed E-state index contributed by atoms with van der Waals surface area (Å²) in [6.07, 6.45) is -2.87. The summed E-state index contributed by atoms with van der Waals surface area (Å²) < 4.78 is 90.6.